The molecule has 0 aromatic heterocycles. The number of likely N-dealkylation sites (tertiary alicyclic amines) is 1. The lowest BCUT2D eigenvalue weighted by Crippen LogP contribution is -2.40. The van der Waals surface area contributed by atoms with E-state index in [1.165, 1.54) is 22.3 Å². The van der Waals surface area contributed by atoms with Crippen LogP contribution in [0.1, 0.15) is 41.6 Å². The standard InChI is InChI=1S/C26H25NO3/c28-25(18-9-2-1-3-10-18)24-15-8-16-27(24)26(29)30-17-23-21-13-6-4-11-19(21)20-12-5-7-14-22(20)23/h1-7,9-14,23-25,28H,8,15-17H2/t24-,25+/m0/s1. The number of hydrogen-bond donors (Lipinski definition) is 1. The van der Waals surface area contributed by atoms with Gasteiger partial charge in [-0.3, -0.25) is 0 Å². The molecule has 30 heavy (non-hydrogen) atoms. The van der Waals surface area contributed by atoms with Crippen LogP contribution in [0.25, 0.3) is 11.1 Å². The SMILES string of the molecule is O=C(OCC1c2ccccc2-c2ccccc21)N1CCC[C@H]1[C@H](O)c1ccccc1. The topological polar surface area (TPSA) is 49.8 Å². The van der Waals surface area contributed by atoms with Crippen LogP contribution >= 0.6 is 0 Å². The molecule has 3 aromatic carbocycles. The number of carbonyl (C=O) groups is 1. The smallest absolute Gasteiger partial charge is 0.410 e. The molecule has 0 radical (unpaired) electrons. The molecule has 0 saturated carbocycles. The highest BCUT2D eigenvalue weighted by atomic mass is 16.6. The third kappa shape index (κ3) is 3.27. The third-order valence-corrected chi connectivity index (χ3v) is 6.38. The molecular formula is C26H25NO3. The second-order valence-electron chi connectivity index (χ2n) is 8.06. The molecule has 2 atom stereocenters. The molecule has 152 valence electrons. The molecule has 1 heterocycles. The summed E-state index contributed by atoms with van der Waals surface area (Å²) in [6, 6.07) is 25.9. The number of aliphatic hydroxyl groups excluding tert-OH is 1. The first-order valence-corrected chi connectivity index (χ1v) is 10.6. The summed E-state index contributed by atoms with van der Waals surface area (Å²) >= 11 is 0. The Kier molecular flexibility index (Phi) is 5.01. The zero-order valence-electron chi connectivity index (χ0n) is 16.8. The van der Waals surface area contributed by atoms with Gasteiger partial charge in [0.15, 0.2) is 0 Å². The molecule has 1 saturated heterocycles. The van der Waals surface area contributed by atoms with Crippen LogP contribution in [0.2, 0.25) is 0 Å². The zero-order valence-corrected chi connectivity index (χ0v) is 16.8. The Bertz CT molecular complexity index is 1000. The lowest BCUT2D eigenvalue weighted by Gasteiger charge is -2.28. The Morgan fingerprint density at radius 3 is 2.20 bits per heavy atom. The maximum Gasteiger partial charge on any atom is 0.410 e. The van der Waals surface area contributed by atoms with E-state index in [1.807, 2.05) is 54.6 Å². The Balaban J connectivity index is 1.32. The molecule has 3 aromatic rings. The van der Waals surface area contributed by atoms with Crippen LogP contribution < -0.4 is 0 Å². The summed E-state index contributed by atoms with van der Waals surface area (Å²) in [7, 11) is 0. The molecular weight excluding hydrogens is 374 g/mol. The zero-order chi connectivity index (χ0) is 20.5. The van der Waals surface area contributed by atoms with Crippen LogP contribution in [0.5, 0.6) is 0 Å². The number of amides is 1. The molecule has 0 spiro atoms. The molecule has 4 nitrogen and oxygen atoms in total. The molecule has 1 amide bonds. The van der Waals surface area contributed by atoms with Gasteiger partial charge in [0.25, 0.3) is 0 Å². The van der Waals surface area contributed by atoms with Crippen LogP contribution in [0.4, 0.5) is 4.79 Å². The predicted molar refractivity (Wildman–Crippen MR) is 116 cm³/mol. The minimum absolute atomic E-state index is 0.0430. The first kappa shape index (κ1) is 18.9. The van der Waals surface area contributed by atoms with Gasteiger partial charge in [0, 0.05) is 12.5 Å². The molecule has 5 rings (SSSR count). The van der Waals surface area contributed by atoms with Crippen LogP contribution in [-0.2, 0) is 4.74 Å². The molecule has 1 N–H and O–H groups in total. The van der Waals surface area contributed by atoms with Crippen molar-refractivity contribution >= 4 is 6.09 Å². The van der Waals surface area contributed by atoms with Crippen molar-refractivity contribution in [2.45, 2.75) is 30.9 Å². The first-order chi connectivity index (χ1) is 14.7. The van der Waals surface area contributed by atoms with Crippen molar-refractivity contribution in [3.63, 3.8) is 0 Å². The molecule has 0 unspecified atom stereocenters. The Morgan fingerprint density at radius 2 is 1.53 bits per heavy atom. The quantitative estimate of drug-likeness (QED) is 0.661. The van der Waals surface area contributed by atoms with Crippen molar-refractivity contribution in [1.82, 2.24) is 4.90 Å². The molecule has 4 heteroatoms. The average molecular weight is 399 g/mol. The number of fused-ring (bicyclic) bond motifs is 3. The minimum Gasteiger partial charge on any atom is -0.448 e. The van der Waals surface area contributed by atoms with Crippen molar-refractivity contribution in [3.05, 3.63) is 95.6 Å². The normalized spacial score (nSPS) is 18.7. The van der Waals surface area contributed by atoms with Gasteiger partial charge in [0.1, 0.15) is 6.61 Å². The van der Waals surface area contributed by atoms with Gasteiger partial charge in [-0.15, -0.1) is 0 Å². The Morgan fingerprint density at radius 1 is 0.933 bits per heavy atom. The van der Waals surface area contributed by atoms with Gasteiger partial charge >= 0.3 is 6.09 Å². The lowest BCUT2D eigenvalue weighted by atomic mass is 9.98. The number of benzene rings is 3. The fourth-order valence-corrected chi connectivity index (χ4v) is 4.90. The highest BCUT2D eigenvalue weighted by Crippen LogP contribution is 2.44. The summed E-state index contributed by atoms with van der Waals surface area (Å²) < 4.78 is 5.82. The highest BCUT2D eigenvalue weighted by molar-refractivity contribution is 5.79. The summed E-state index contributed by atoms with van der Waals surface area (Å²) in [5.41, 5.74) is 5.67. The van der Waals surface area contributed by atoms with E-state index >= 15 is 0 Å². The fourth-order valence-electron chi connectivity index (χ4n) is 4.90. The van der Waals surface area contributed by atoms with Gasteiger partial charge in [0.2, 0.25) is 0 Å². The van der Waals surface area contributed by atoms with E-state index in [0.717, 1.165) is 18.4 Å². The Labute approximate surface area is 176 Å². The largest absolute Gasteiger partial charge is 0.448 e. The van der Waals surface area contributed by atoms with Gasteiger partial charge in [-0.1, -0.05) is 78.9 Å². The fraction of sp³-hybridized carbons (Fsp3) is 0.269. The van der Waals surface area contributed by atoms with Crippen molar-refractivity contribution < 1.29 is 14.6 Å². The van der Waals surface area contributed by atoms with Crippen LogP contribution in [0, 0.1) is 0 Å². The van der Waals surface area contributed by atoms with E-state index in [-0.39, 0.29) is 18.1 Å². The Hall–Kier alpha value is -3.11. The summed E-state index contributed by atoms with van der Waals surface area (Å²) in [5.74, 6) is 0.0430. The monoisotopic (exact) mass is 399 g/mol. The molecule has 0 bridgehead atoms. The van der Waals surface area contributed by atoms with Crippen molar-refractivity contribution in [2.24, 2.45) is 0 Å². The number of nitrogens with zero attached hydrogens (tertiary/aromatic N) is 1. The summed E-state index contributed by atoms with van der Waals surface area (Å²) in [6.07, 6.45) is 0.613. The molecule has 1 aliphatic heterocycles. The van der Waals surface area contributed by atoms with E-state index < -0.39 is 6.10 Å². The molecule has 1 fully saturated rings. The van der Waals surface area contributed by atoms with E-state index in [1.54, 1.807) is 4.90 Å². The third-order valence-electron chi connectivity index (χ3n) is 6.38. The van der Waals surface area contributed by atoms with E-state index in [9.17, 15) is 9.90 Å². The summed E-state index contributed by atoms with van der Waals surface area (Å²) in [6.45, 7) is 0.919. The number of carbonyl (C=O) groups excluding carboxylic acids is 1. The first-order valence-electron chi connectivity index (χ1n) is 10.6. The molecule has 1 aliphatic carbocycles. The average Bonchev–Trinajstić information content (AvgIpc) is 3.41. The van der Waals surface area contributed by atoms with E-state index in [4.69, 9.17) is 4.74 Å². The van der Waals surface area contributed by atoms with Crippen LogP contribution in [0.15, 0.2) is 78.9 Å². The van der Waals surface area contributed by atoms with E-state index in [2.05, 4.69) is 24.3 Å². The van der Waals surface area contributed by atoms with Gasteiger partial charge in [-0.2, -0.15) is 0 Å². The number of rotatable bonds is 4. The van der Waals surface area contributed by atoms with Crippen LogP contribution in [0.3, 0.4) is 0 Å². The summed E-state index contributed by atoms with van der Waals surface area (Å²) in [5, 5.41) is 10.8. The maximum atomic E-state index is 13.0. The number of aliphatic hydroxyl groups is 1. The molecule has 2 aliphatic rings. The highest BCUT2D eigenvalue weighted by Gasteiger charge is 2.36. The maximum absolute atomic E-state index is 13.0. The van der Waals surface area contributed by atoms with Gasteiger partial charge in [0.05, 0.1) is 12.1 Å². The van der Waals surface area contributed by atoms with Gasteiger partial charge in [-0.25, -0.2) is 4.79 Å². The van der Waals surface area contributed by atoms with Crippen molar-refractivity contribution in [2.75, 3.05) is 13.2 Å². The van der Waals surface area contributed by atoms with Gasteiger partial charge < -0.3 is 14.7 Å². The number of ether oxygens (including phenoxy) is 1. The van der Waals surface area contributed by atoms with Crippen LogP contribution in [-0.4, -0.2) is 35.3 Å². The number of hydrogen-bond acceptors (Lipinski definition) is 3. The second-order valence-corrected chi connectivity index (χ2v) is 8.06. The minimum atomic E-state index is -0.700. The lowest BCUT2D eigenvalue weighted by molar-refractivity contribution is 0.0498. The summed E-state index contributed by atoms with van der Waals surface area (Å²) in [4.78, 5) is 14.7. The second kappa shape index (κ2) is 7.96. The van der Waals surface area contributed by atoms with E-state index in [0.29, 0.717) is 13.2 Å². The predicted octanol–water partition coefficient (Wildman–Crippen LogP) is 5.13. The van der Waals surface area contributed by atoms with Crippen molar-refractivity contribution in [1.29, 1.82) is 0 Å². The van der Waals surface area contributed by atoms with Crippen molar-refractivity contribution in [3.8, 4) is 11.1 Å². The van der Waals surface area contributed by atoms with Gasteiger partial charge in [-0.05, 0) is 40.7 Å².